The first-order chi connectivity index (χ1) is 18.0. The van der Waals surface area contributed by atoms with E-state index in [9.17, 15) is 13.6 Å². The monoisotopic (exact) mass is 528 g/mol. The smallest absolute Gasteiger partial charge is 0.409 e. The molecule has 1 amide bonds. The van der Waals surface area contributed by atoms with Crippen molar-refractivity contribution >= 4 is 22.8 Å². The third-order valence-electron chi connectivity index (χ3n) is 6.98. The summed E-state index contributed by atoms with van der Waals surface area (Å²) in [6.45, 7) is 7.21. The molecule has 0 aliphatic carbocycles. The molecule has 0 unspecified atom stereocenters. The van der Waals surface area contributed by atoms with Crippen molar-refractivity contribution < 1.29 is 27.8 Å². The first kappa shape index (κ1) is 27.3. The molecule has 2 atom stereocenters. The number of hydrogen-bond acceptors (Lipinski definition) is 7. The van der Waals surface area contributed by atoms with Crippen molar-refractivity contribution in [2.45, 2.75) is 58.5 Å². The molecule has 4 rings (SSSR count). The molecule has 0 saturated carbocycles. The van der Waals surface area contributed by atoms with Gasteiger partial charge in [0.1, 0.15) is 18.2 Å². The number of benzene rings is 2. The number of aromatic nitrogens is 2. The van der Waals surface area contributed by atoms with Crippen LogP contribution in [-0.2, 0) is 10.7 Å². The molecule has 1 aliphatic heterocycles. The van der Waals surface area contributed by atoms with E-state index in [4.69, 9.17) is 14.2 Å². The fraction of sp³-hybridized carbons (Fsp3) is 0.464. The fourth-order valence-corrected chi connectivity index (χ4v) is 5.07. The van der Waals surface area contributed by atoms with Gasteiger partial charge in [-0.15, -0.1) is 0 Å². The highest BCUT2D eigenvalue weighted by atomic mass is 19.3. The van der Waals surface area contributed by atoms with Crippen LogP contribution in [0.5, 0.6) is 11.5 Å². The Labute approximate surface area is 221 Å². The SMILES string of the molecule is COC(=O)N1CCC[C@H]1COc1cc2c(N[C@H](C)c3cccc(C(C)(F)F)c3C)nc(C)nc2cc1OC. The molecule has 10 heteroatoms. The summed E-state index contributed by atoms with van der Waals surface area (Å²) in [5.74, 6) is -0.843. The number of carbonyl (C=O) groups excluding carboxylic acids is 1. The largest absolute Gasteiger partial charge is 0.493 e. The molecule has 0 bridgehead atoms. The standard InChI is InChI=1S/C28H34F2N4O4/c1-16-20(10-7-11-22(16)28(4,29)30)17(2)31-26-21-13-25(24(36-5)14-23(21)32-18(3)33-26)38-15-19-9-8-12-34(19)27(35)37-6/h7,10-11,13-14,17,19H,8-9,12,15H2,1-6H3,(H,31,32,33)/t17-,19+/m1/s1. The van der Waals surface area contributed by atoms with Gasteiger partial charge in [0.2, 0.25) is 0 Å². The number of carbonyl (C=O) groups is 1. The number of rotatable bonds is 8. The number of aryl methyl sites for hydroxylation is 1. The first-order valence-corrected chi connectivity index (χ1v) is 12.6. The number of halogens is 2. The van der Waals surface area contributed by atoms with E-state index in [1.165, 1.54) is 13.2 Å². The summed E-state index contributed by atoms with van der Waals surface area (Å²) in [5, 5.41) is 4.09. The van der Waals surface area contributed by atoms with Gasteiger partial charge >= 0.3 is 6.09 Å². The summed E-state index contributed by atoms with van der Waals surface area (Å²) in [5.41, 5.74) is 1.94. The van der Waals surface area contributed by atoms with Crippen molar-refractivity contribution in [1.82, 2.24) is 14.9 Å². The van der Waals surface area contributed by atoms with Crippen molar-refractivity contribution in [1.29, 1.82) is 0 Å². The van der Waals surface area contributed by atoms with E-state index in [0.29, 0.717) is 46.2 Å². The Balaban J connectivity index is 1.66. The molecular weight excluding hydrogens is 494 g/mol. The second-order valence-corrected chi connectivity index (χ2v) is 9.68. The van der Waals surface area contributed by atoms with Gasteiger partial charge in [-0.05, 0) is 50.8 Å². The zero-order valence-electron chi connectivity index (χ0n) is 22.6. The molecule has 38 heavy (non-hydrogen) atoms. The van der Waals surface area contributed by atoms with Crippen LogP contribution in [0, 0.1) is 13.8 Å². The molecule has 1 aromatic heterocycles. The third-order valence-corrected chi connectivity index (χ3v) is 6.98. The van der Waals surface area contributed by atoms with Gasteiger partial charge in [0.25, 0.3) is 5.92 Å². The van der Waals surface area contributed by atoms with E-state index < -0.39 is 5.92 Å². The minimum absolute atomic E-state index is 0.000657. The summed E-state index contributed by atoms with van der Waals surface area (Å²) in [7, 11) is 2.92. The quantitative estimate of drug-likeness (QED) is 0.375. The van der Waals surface area contributed by atoms with Crippen molar-refractivity contribution in [3.8, 4) is 11.5 Å². The second kappa shape index (κ2) is 11.0. The van der Waals surface area contributed by atoms with Crippen LogP contribution < -0.4 is 14.8 Å². The van der Waals surface area contributed by atoms with Crippen molar-refractivity contribution in [2.24, 2.45) is 0 Å². The number of likely N-dealkylation sites (tertiary alicyclic amines) is 1. The van der Waals surface area contributed by atoms with Crippen molar-refractivity contribution in [3.05, 3.63) is 52.8 Å². The predicted octanol–water partition coefficient (Wildman–Crippen LogP) is 6.15. The number of amides is 1. The van der Waals surface area contributed by atoms with Gasteiger partial charge < -0.3 is 24.4 Å². The van der Waals surface area contributed by atoms with Crippen LogP contribution in [0.15, 0.2) is 30.3 Å². The number of nitrogens with one attached hydrogen (secondary N) is 1. The maximum Gasteiger partial charge on any atom is 0.409 e. The maximum atomic E-state index is 14.1. The van der Waals surface area contributed by atoms with Gasteiger partial charge in [-0.3, -0.25) is 0 Å². The maximum absolute atomic E-state index is 14.1. The fourth-order valence-electron chi connectivity index (χ4n) is 5.07. The van der Waals surface area contributed by atoms with Gasteiger partial charge in [0.05, 0.1) is 31.8 Å². The highest BCUT2D eigenvalue weighted by Gasteiger charge is 2.31. The lowest BCUT2D eigenvalue weighted by molar-refractivity contribution is 0.0167. The Morgan fingerprint density at radius 3 is 2.66 bits per heavy atom. The Bertz CT molecular complexity index is 1330. The Morgan fingerprint density at radius 1 is 1.21 bits per heavy atom. The molecule has 1 saturated heterocycles. The third kappa shape index (κ3) is 5.58. The van der Waals surface area contributed by atoms with Crippen LogP contribution in [0.1, 0.15) is 55.2 Å². The summed E-state index contributed by atoms with van der Waals surface area (Å²) < 4.78 is 44.9. The minimum atomic E-state index is -2.94. The molecule has 2 heterocycles. The molecule has 2 aromatic carbocycles. The normalized spacial score (nSPS) is 16.4. The average Bonchev–Trinajstić information content (AvgIpc) is 3.34. The number of ether oxygens (including phenoxy) is 3. The molecule has 8 nitrogen and oxygen atoms in total. The van der Waals surface area contributed by atoms with Crippen molar-refractivity contribution in [2.75, 3.05) is 32.7 Å². The van der Waals surface area contributed by atoms with E-state index in [0.717, 1.165) is 25.3 Å². The van der Waals surface area contributed by atoms with Gasteiger partial charge in [0.15, 0.2) is 11.5 Å². The average molecular weight is 529 g/mol. The van der Waals surface area contributed by atoms with Crippen LogP contribution in [0.25, 0.3) is 10.9 Å². The first-order valence-electron chi connectivity index (χ1n) is 12.6. The van der Waals surface area contributed by atoms with Gasteiger partial charge in [-0.2, -0.15) is 0 Å². The molecular formula is C28H34F2N4O4. The van der Waals surface area contributed by atoms with E-state index >= 15 is 0 Å². The van der Waals surface area contributed by atoms with E-state index in [-0.39, 0.29) is 30.3 Å². The molecule has 1 fully saturated rings. The van der Waals surface area contributed by atoms with E-state index in [1.807, 2.05) is 19.1 Å². The number of alkyl halides is 2. The molecule has 0 spiro atoms. The summed E-state index contributed by atoms with van der Waals surface area (Å²) in [6.07, 6.45) is 1.32. The van der Waals surface area contributed by atoms with Crippen LogP contribution >= 0.6 is 0 Å². The van der Waals surface area contributed by atoms with Gasteiger partial charge in [0, 0.05) is 30.5 Å². The zero-order valence-corrected chi connectivity index (χ0v) is 22.6. The number of methoxy groups -OCH3 is 2. The minimum Gasteiger partial charge on any atom is -0.493 e. The van der Waals surface area contributed by atoms with E-state index in [1.54, 1.807) is 38.0 Å². The molecule has 204 valence electrons. The van der Waals surface area contributed by atoms with E-state index in [2.05, 4.69) is 15.3 Å². The predicted molar refractivity (Wildman–Crippen MR) is 141 cm³/mol. The van der Waals surface area contributed by atoms with Gasteiger partial charge in [-0.25, -0.2) is 23.5 Å². The topological polar surface area (TPSA) is 85.8 Å². The number of hydrogen-bond donors (Lipinski definition) is 1. The van der Waals surface area contributed by atoms with Crippen LogP contribution in [0.2, 0.25) is 0 Å². The summed E-state index contributed by atoms with van der Waals surface area (Å²) in [6, 6.07) is 8.11. The second-order valence-electron chi connectivity index (χ2n) is 9.68. The zero-order chi connectivity index (χ0) is 27.6. The Morgan fingerprint density at radius 2 is 1.97 bits per heavy atom. The van der Waals surface area contributed by atoms with Crippen LogP contribution in [0.4, 0.5) is 19.4 Å². The summed E-state index contributed by atoms with van der Waals surface area (Å²) >= 11 is 0. The molecule has 3 aromatic rings. The number of anilines is 1. The number of nitrogens with zero attached hydrogens (tertiary/aromatic N) is 3. The Hall–Kier alpha value is -3.69. The Kier molecular flexibility index (Phi) is 7.89. The van der Waals surface area contributed by atoms with Crippen LogP contribution in [0.3, 0.4) is 0 Å². The van der Waals surface area contributed by atoms with Gasteiger partial charge in [-0.1, -0.05) is 18.2 Å². The highest BCUT2D eigenvalue weighted by Crippen LogP contribution is 2.37. The molecule has 1 N–H and O–H groups in total. The van der Waals surface area contributed by atoms with Crippen LogP contribution in [-0.4, -0.2) is 54.4 Å². The number of fused-ring (bicyclic) bond motifs is 1. The molecule has 1 aliphatic rings. The lowest BCUT2D eigenvalue weighted by Gasteiger charge is -2.24. The molecule has 0 radical (unpaired) electrons. The lowest BCUT2D eigenvalue weighted by Crippen LogP contribution is -2.38. The highest BCUT2D eigenvalue weighted by molar-refractivity contribution is 5.92. The van der Waals surface area contributed by atoms with Crippen molar-refractivity contribution in [3.63, 3.8) is 0 Å². The lowest BCUT2D eigenvalue weighted by atomic mass is 9.94. The summed E-state index contributed by atoms with van der Waals surface area (Å²) in [4.78, 5) is 22.9.